The van der Waals surface area contributed by atoms with Crippen molar-refractivity contribution in [2.24, 2.45) is 16.8 Å². The summed E-state index contributed by atoms with van der Waals surface area (Å²) in [5.41, 5.74) is 11.5. The first-order valence-corrected chi connectivity index (χ1v) is 8.11. The van der Waals surface area contributed by atoms with Crippen molar-refractivity contribution in [1.29, 1.82) is 0 Å². The SMILES string of the molecule is NC(=S)NN=C1/C(=C\c2ccc3c(c2)OCO3)N2CCC1CC2. The Morgan fingerprint density at radius 3 is 2.87 bits per heavy atom. The van der Waals surface area contributed by atoms with Crippen LogP contribution in [0.25, 0.3) is 6.08 Å². The molecule has 120 valence electrons. The minimum atomic E-state index is 0.191. The Hall–Kier alpha value is -2.28. The number of allylic oxidation sites excluding steroid dienone is 1. The molecule has 0 unspecified atom stereocenters. The molecule has 4 heterocycles. The van der Waals surface area contributed by atoms with Crippen LogP contribution in [-0.2, 0) is 0 Å². The van der Waals surface area contributed by atoms with Crippen LogP contribution >= 0.6 is 12.2 Å². The number of fused-ring (bicyclic) bond motifs is 4. The van der Waals surface area contributed by atoms with Crippen molar-refractivity contribution in [3.8, 4) is 11.5 Å². The molecule has 4 aliphatic heterocycles. The number of ether oxygens (including phenoxy) is 2. The van der Waals surface area contributed by atoms with Crippen LogP contribution in [0, 0.1) is 5.92 Å². The fourth-order valence-electron chi connectivity index (χ4n) is 3.35. The maximum Gasteiger partial charge on any atom is 0.231 e. The number of thiocarbonyl (C=S) groups is 1. The number of nitrogens with zero attached hydrogens (tertiary/aromatic N) is 2. The molecule has 0 radical (unpaired) electrons. The van der Waals surface area contributed by atoms with Gasteiger partial charge in [-0.25, -0.2) is 0 Å². The van der Waals surface area contributed by atoms with Crippen molar-refractivity contribution < 1.29 is 9.47 Å². The molecule has 23 heavy (non-hydrogen) atoms. The summed E-state index contributed by atoms with van der Waals surface area (Å²) >= 11 is 4.87. The van der Waals surface area contributed by atoms with E-state index in [0.29, 0.717) is 5.92 Å². The minimum absolute atomic E-state index is 0.191. The summed E-state index contributed by atoms with van der Waals surface area (Å²) in [6.45, 7) is 2.41. The maximum absolute atomic E-state index is 5.52. The summed E-state index contributed by atoms with van der Waals surface area (Å²) in [6, 6.07) is 5.97. The lowest BCUT2D eigenvalue weighted by Gasteiger charge is -2.43. The third kappa shape index (κ3) is 2.72. The highest BCUT2D eigenvalue weighted by Crippen LogP contribution is 2.36. The van der Waals surface area contributed by atoms with E-state index in [1.54, 1.807) is 0 Å². The number of nitrogens with two attached hydrogens (primary N) is 1. The predicted octanol–water partition coefficient (Wildman–Crippen LogP) is 1.67. The van der Waals surface area contributed by atoms with Crippen LogP contribution in [0.15, 0.2) is 29.0 Å². The topological polar surface area (TPSA) is 72.1 Å². The predicted molar refractivity (Wildman–Crippen MR) is 92.2 cm³/mol. The molecule has 6 nitrogen and oxygen atoms in total. The van der Waals surface area contributed by atoms with Crippen LogP contribution in [0.2, 0.25) is 0 Å². The molecule has 3 N–H and O–H groups in total. The molecule has 5 rings (SSSR count). The van der Waals surface area contributed by atoms with Gasteiger partial charge in [-0.1, -0.05) is 6.07 Å². The fraction of sp³-hybridized carbons (Fsp3) is 0.375. The molecule has 0 amide bonds. The zero-order chi connectivity index (χ0) is 15.8. The second-order valence-corrected chi connectivity index (χ2v) is 6.32. The van der Waals surface area contributed by atoms with Crippen LogP contribution < -0.4 is 20.6 Å². The average molecular weight is 330 g/mol. The Kier molecular flexibility index (Phi) is 3.57. The molecule has 0 saturated carbocycles. The van der Waals surface area contributed by atoms with Crippen LogP contribution in [0.1, 0.15) is 18.4 Å². The van der Waals surface area contributed by atoms with Crippen molar-refractivity contribution in [2.75, 3.05) is 19.9 Å². The molecule has 0 aliphatic carbocycles. The first-order chi connectivity index (χ1) is 11.2. The highest BCUT2D eigenvalue weighted by molar-refractivity contribution is 7.80. The van der Waals surface area contributed by atoms with E-state index in [1.165, 1.54) is 0 Å². The fourth-order valence-corrected chi connectivity index (χ4v) is 3.40. The number of nitrogens with one attached hydrogen (secondary N) is 1. The highest BCUT2D eigenvalue weighted by Gasteiger charge is 2.35. The van der Waals surface area contributed by atoms with Gasteiger partial charge in [0.05, 0.1) is 11.4 Å². The lowest BCUT2D eigenvalue weighted by molar-refractivity contribution is 0.174. The molecule has 0 aromatic heterocycles. The van der Waals surface area contributed by atoms with Crippen LogP contribution in [0.3, 0.4) is 0 Å². The van der Waals surface area contributed by atoms with Crippen molar-refractivity contribution in [1.82, 2.24) is 10.3 Å². The number of piperidine rings is 3. The minimum Gasteiger partial charge on any atom is -0.454 e. The van der Waals surface area contributed by atoms with Crippen molar-refractivity contribution in [3.05, 3.63) is 29.5 Å². The molecule has 0 atom stereocenters. The second kappa shape index (κ2) is 5.73. The first-order valence-electron chi connectivity index (χ1n) is 7.70. The number of hydrogen-bond donors (Lipinski definition) is 2. The van der Waals surface area contributed by atoms with E-state index in [-0.39, 0.29) is 11.9 Å². The molecule has 1 aromatic rings. The molecule has 3 saturated heterocycles. The van der Waals surface area contributed by atoms with E-state index in [9.17, 15) is 0 Å². The number of hydrogen-bond acceptors (Lipinski definition) is 5. The van der Waals surface area contributed by atoms with E-state index in [1.807, 2.05) is 18.2 Å². The molecule has 0 spiro atoms. The highest BCUT2D eigenvalue weighted by atomic mass is 32.1. The third-order valence-corrected chi connectivity index (χ3v) is 4.56. The van der Waals surface area contributed by atoms with Gasteiger partial charge in [-0.3, -0.25) is 5.43 Å². The lowest BCUT2D eigenvalue weighted by atomic mass is 9.83. The van der Waals surface area contributed by atoms with E-state index >= 15 is 0 Å². The van der Waals surface area contributed by atoms with Crippen LogP contribution in [-0.4, -0.2) is 35.6 Å². The molecule has 3 fully saturated rings. The Morgan fingerprint density at radius 2 is 2.09 bits per heavy atom. The molecular weight excluding hydrogens is 312 g/mol. The molecular formula is C16H18N4O2S. The van der Waals surface area contributed by atoms with Gasteiger partial charge in [0.2, 0.25) is 6.79 Å². The lowest BCUT2D eigenvalue weighted by Crippen LogP contribution is -2.47. The average Bonchev–Trinajstić information content (AvgIpc) is 3.02. The summed E-state index contributed by atoms with van der Waals surface area (Å²) in [5.74, 6) is 2.04. The van der Waals surface area contributed by atoms with Gasteiger partial charge in [0.25, 0.3) is 0 Å². The molecule has 4 aliphatic rings. The largest absolute Gasteiger partial charge is 0.454 e. The van der Waals surface area contributed by atoms with Crippen molar-refractivity contribution in [3.63, 3.8) is 0 Å². The number of benzene rings is 1. The Labute approximate surface area is 139 Å². The van der Waals surface area contributed by atoms with Crippen LogP contribution in [0.4, 0.5) is 0 Å². The summed E-state index contributed by atoms with van der Waals surface area (Å²) in [6.07, 6.45) is 4.39. The first kappa shape index (κ1) is 14.3. The van der Waals surface area contributed by atoms with Crippen LogP contribution in [0.5, 0.6) is 11.5 Å². The quantitative estimate of drug-likeness (QED) is 0.635. The van der Waals surface area contributed by atoms with E-state index in [2.05, 4.69) is 21.5 Å². The second-order valence-electron chi connectivity index (χ2n) is 5.88. The van der Waals surface area contributed by atoms with Gasteiger partial charge in [0.1, 0.15) is 0 Å². The monoisotopic (exact) mass is 330 g/mol. The van der Waals surface area contributed by atoms with Gasteiger partial charge in [0, 0.05) is 19.0 Å². The van der Waals surface area contributed by atoms with Gasteiger partial charge in [0.15, 0.2) is 16.6 Å². The molecule has 1 aromatic carbocycles. The third-order valence-electron chi connectivity index (χ3n) is 4.47. The number of hydrazone groups is 1. The normalized spacial score (nSPS) is 22.9. The molecule has 2 bridgehead atoms. The Morgan fingerprint density at radius 1 is 1.30 bits per heavy atom. The summed E-state index contributed by atoms with van der Waals surface area (Å²) < 4.78 is 10.8. The van der Waals surface area contributed by atoms with Gasteiger partial charge >= 0.3 is 0 Å². The Balaban J connectivity index is 1.69. The van der Waals surface area contributed by atoms with E-state index in [0.717, 1.165) is 54.4 Å². The summed E-state index contributed by atoms with van der Waals surface area (Å²) in [5, 5.41) is 4.64. The van der Waals surface area contributed by atoms with Crippen molar-refractivity contribution >= 4 is 29.1 Å². The summed E-state index contributed by atoms with van der Waals surface area (Å²) in [7, 11) is 0. The molecule has 7 heteroatoms. The van der Waals surface area contributed by atoms with E-state index in [4.69, 9.17) is 27.4 Å². The van der Waals surface area contributed by atoms with E-state index < -0.39 is 0 Å². The zero-order valence-corrected chi connectivity index (χ0v) is 13.4. The standard InChI is InChI=1S/C16H18N4O2S/c17-16(23)19-18-15-11-3-5-20(6-4-11)12(15)7-10-1-2-13-14(8-10)22-9-21-13/h1-2,7-8,11H,3-6,9H2,(H3,17,19,23)/b12-7+,18-15?. The summed E-state index contributed by atoms with van der Waals surface area (Å²) in [4.78, 5) is 2.37. The smallest absolute Gasteiger partial charge is 0.231 e. The van der Waals surface area contributed by atoms with Gasteiger partial charge in [-0.05, 0) is 48.8 Å². The zero-order valence-electron chi connectivity index (χ0n) is 12.6. The maximum atomic E-state index is 5.52. The van der Waals surface area contributed by atoms with Crippen molar-refractivity contribution in [2.45, 2.75) is 12.8 Å². The Bertz CT molecular complexity index is 708. The van der Waals surface area contributed by atoms with Gasteiger partial charge in [-0.2, -0.15) is 5.10 Å². The van der Waals surface area contributed by atoms with Gasteiger partial charge < -0.3 is 20.1 Å². The van der Waals surface area contributed by atoms with Gasteiger partial charge in [-0.15, -0.1) is 0 Å². The number of rotatable bonds is 2.